The van der Waals surface area contributed by atoms with Crippen LogP contribution in [-0.2, 0) is 31.1 Å². The van der Waals surface area contributed by atoms with Gasteiger partial charge >= 0.3 is 6.18 Å². The third-order valence-corrected chi connectivity index (χ3v) is 4.49. The molecular formula is C19H21F4N3. The Labute approximate surface area is 150 Å². The minimum atomic E-state index is -4.57. The maximum atomic E-state index is 14.1. The summed E-state index contributed by atoms with van der Waals surface area (Å²) in [7, 11) is 0. The first kappa shape index (κ1) is 18.8. The second-order valence-electron chi connectivity index (χ2n) is 7.64. The molecule has 26 heavy (non-hydrogen) atoms. The molecule has 0 radical (unpaired) electrons. The van der Waals surface area contributed by atoms with Crippen molar-refractivity contribution in [2.24, 2.45) is 0 Å². The molecule has 0 amide bonds. The molecule has 140 valence electrons. The Morgan fingerprint density at radius 2 is 1.88 bits per heavy atom. The highest BCUT2D eigenvalue weighted by atomic mass is 19.4. The van der Waals surface area contributed by atoms with E-state index in [9.17, 15) is 17.6 Å². The lowest BCUT2D eigenvalue weighted by Gasteiger charge is -2.30. The summed E-state index contributed by atoms with van der Waals surface area (Å²) < 4.78 is 53.6. The van der Waals surface area contributed by atoms with E-state index < -0.39 is 17.6 Å². The molecule has 0 atom stereocenters. The average Bonchev–Trinajstić information content (AvgIpc) is 2.54. The zero-order valence-corrected chi connectivity index (χ0v) is 15.0. The zero-order valence-electron chi connectivity index (χ0n) is 15.0. The van der Waals surface area contributed by atoms with E-state index in [-0.39, 0.29) is 17.5 Å². The smallest absolute Gasteiger partial charge is 0.294 e. The van der Waals surface area contributed by atoms with Crippen molar-refractivity contribution in [3.8, 4) is 0 Å². The Bertz CT molecular complexity index is 809. The Hall–Kier alpha value is -2.02. The minimum absolute atomic E-state index is 0.0953. The topological polar surface area (TPSA) is 29.0 Å². The molecule has 0 saturated carbocycles. The summed E-state index contributed by atoms with van der Waals surface area (Å²) in [5.74, 6) is -0.0805. The third kappa shape index (κ3) is 3.87. The van der Waals surface area contributed by atoms with Crippen LogP contribution in [0.5, 0.6) is 0 Å². The van der Waals surface area contributed by atoms with Gasteiger partial charge in [-0.2, -0.15) is 13.2 Å². The van der Waals surface area contributed by atoms with Crippen molar-refractivity contribution in [3.05, 3.63) is 58.4 Å². The van der Waals surface area contributed by atoms with E-state index in [2.05, 4.69) is 9.97 Å². The Balaban J connectivity index is 1.83. The largest absolute Gasteiger partial charge is 0.416 e. The van der Waals surface area contributed by atoms with Crippen molar-refractivity contribution < 1.29 is 17.6 Å². The lowest BCUT2D eigenvalue weighted by Crippen LogP contribution is -2.33. The number of fused-ring (bicyclic) bond motifs is 1. The monoisotopic (exact) mass is 367 g/mol. The van der Waals surface area contributed by atoms with Gasteiger partial charge in [-0.25, -0.2) is 14.4 Å². The molecule has 0 fully saturated rings. The predicted octanol–water partition coefficient (Wildman–Crippen LogP) is 4.49. The lowest BCUT2D eigenvalue weighted by atomic mass is 9.95. The summed E-state index contributed by atoms with van der Waals surface area (Å²) in [6, 6.07) is 3.09. The van der Waals surface area contributed by atoms with Crippen molar-refractivity contribution in [1.29, 1.82) is 0 Å². The third-order valence-electron chi connectivity index (χ3n) is 4.49. The van der Waals surface area contributed by atoms with Gasteiger partial charge < -0.3 is 0 Å². The molecule has 2 heterocycles. The van der Waals surface area contributed by atoms with Gasteiger partial charge in [0.1, 0.15) is 11.6 Å². The van der Waals surface area contributed by atoms with Gasteiger partial charge in [0.15, 0.2) is 0 Å². The molecule has 7 heteroatoms. The van der Waals surface area contributed by atoms with Crippen molar-refractivity contribution >= 4 is 0 Å². The molecule has 3 nitrogen and oxygen atoms in total. The maximum absolute atomic E-state index is 14.1. The molecule has 2 aromatic rings. The molecule has 0 N–H and O–H groups in total. The van der Waals surface area contributed by atoms with Crippen molar-refractivity contribution in [2.45, 2.75) is 51.9 Å². The second-order valence-corrected chi connectivity index (χ2v) is 7.64. The number of benzene rings is 1. The number of nitrogens with zero attached hydrogens (tertiary/aromatic N) is 3. The summed E-state index contributed by atoms with van der Waals surface area (Å²) in [6.45, 7) is 6.93. The van der Waals surface area contributed by atoms with Crippen LogP contribution < -0.4 is 0 Å². The fourth-order valence-corrected chi connectivity index (χ4v) is 3.08. The van der Waals surface area contributed by atoms with Crippen LogP contribution in [0.1, 0.15) is 49.0 Å². The fourth-order valence-electron chi connectivity index (χ4n) is 3.08. The van der Waals surface area contributed by atoms with E-state index in [0.717, 1.165) is 35.3 Å². The van der Waals surface area contributed by atoms with Crippen LogP contribution in [0.3, 0.4) is 0 Å². The van der Waals surface area contributed by atoms with Crippen LogP contribution in [-0.4, -0.2) is 21.4 Å². The van der Waals surface area contributed by atoms with Crippen molar-refractivity contribution in [1.82, 2.24) is 14.9 Å². The number of hydrogen-bond donors (Lipinski definition) is 0. The van der Waals surface area contributed by atoms with Crippen LogP contribution in [0.4, 0.5) is 17.6 Å². The first-order valence-corrected chi connectivity index (χ1v) is 8.48. The van der Waals surface area contributed by atoms with Crippen molar-refractivity contribution in [3.63, 3.8) is 0 Å². The van der Waals surface area contributed by atoms with Crippen LogP contribution in [0.15, 0.2) is 24.4 Å². The van der Waals surface area contributed by atoms with Crippen molar-refractivity contribution in [2.75, 3.05) is 6.54 Å². The van der Waals surface area contributed by atoms with Gasteiger partial charge in [-0.3, -0.25) is 4.90 Å². The first-order valence-electron chi connectivity index (χ1n) is 8.48. The highest BCUT2D eigenvalue weighted by Gasteiger charge is 2.35. The first-order chi connectivity index (χ1) is 12.1. The molecular weight excluding hydrogens is 346 g/mol. The molecule has 1 aromatic heterocycles. The summed E-state index contributed by atoms with van der Waals surface area (Å²) in [4.78, 5) is 10.8. The quantitative estimate of drug-likeness (QED) is 0.733. The van der Waals surface area contributed by atoms with Gasteiger partial charge in [-0.1, -0.05) is 26.8 Å². The summed E-state index contributed by atoms with van der Waals surface area (Å²) >= 11 is 0. The Morgan fingerprint density at radius 3 is 2.54 bits per heavy atom. The highest BCUT2D eigenvalue weighted by Crippen LogP contribution is 2.34. The predicted molar refractivity (Wildman–Crippen MR) is 90.0 cm³/mol. The molecule has 1 aliphatic heterocycles. The molecule has 0 unspecified atom stereocenters. The maximum Gasteiger partial charge on any atom is 0.416 e. The van der Waals surface area contributed by atoms with Gasteiger partial charge in [0, 0.05) is 54.5 Å². The number of aromatic nitrogens is 2. The van der Waals surface area contributed by atoms with Crippen LogP contribution in [0.2, 0.25) is 0 Å². The van der Waals surface area contributed by atoms with Crippen LogP contribution >= 0.6 is 0 Å². The van der Waals surface area contributed by atoms with Crippen LogP contribution in [0.25, 0.3) is 0 Å². The fraction of sp³-hybridized carbons (Fsp3) is 0.474. The molecule has 0 spiro atoms. The Kier molecular flexibility index (Phi) is 4.77. The van der Waals surface area contributed by atoms with E-state index in [1.54, 1.807) is 11.1 Å². The van der Waals surface area contributed by atoms with Gasteiger partial charge in [0.05, 0.1) is 5.56 Å². The molecule has 1 aliphatic rings. The molecule has 1 aromatic carbocycles. The normalized spacial score (nSPS) is 15.8. The van der Waals surface area contributed by atoms with E-state index in [1.165, 1.54) is 0 Å². The summed E-state index contributed by atoms with van der Waals surface area (Å²) in [5, 5.41) is 0. The molecule has 0 saturated heterocycles. The number of rotatable bonds is 2. The summed E-state index contributed by atoms with van der Waals surface area (Å²) in [6.07, 6.45) is -2.23. The van der Waals surface area contributed by atoms with E-state index in [1.807, 2.05) is 20.8 Å². The number of alkyl halides is 3. The van der Waals surface area contributed by atoms with E-state index in [4.69, 9.17) is 0 Å². The average molecular weight is 367 g/mol. The van der Waals surface area contributed by atoms with Crippen LogP contribution in [0, 0.1) is 5.82 Å². The zero-order chi connectivity index (χ0) is 19.1. The van der Waals surface area contributed by atoms with Gasteiger partial charge in [0.25, 0.3) is 0 Å². The van der Waals surface area contributed by atoms with Gasteiger partial charge in [0.2, 0.25) is 0 Å². The highest BCUT2D eigenvalue weighted by molar-refractivity contribution is 5.31. The Morgan fingerprint density at radius 1 is 1.15 bits per heavy atom. The van der Waals surface area contributed by atoms with E-state index >= 15 is 0 Å². The SMILES string of the molecule is CC(C)(C)c1ncc2c(n1)CCN(Cc1c(F)cccc1C(F)(F)F)C2. The molecule has 3 rings (SSSR count). The van der Waals surface area contributed by atoms with E-state index in [0.29, 0.717) is 19.5 Å². The van der Waals surface area contributed by atoms with Gasteiger partial charge in [-0.15, -0.1) is 0 Å². The molecule has 0 bridgehead atoms. The number of hydrogen-bond acceptors (Lipinski definition) is 3. The minimum Gasteiger partial charge on any atom is -0.294 e. The van der Waals surface area contributed by atoms with Gasteiger partial charge in [-0.05, 0) is 12.1 Å². The second kappa shape index (κ2) is 6.61. The standard InChI is InChI=1S/C19H21F4N3/c1-18(2,3)17-24-9-12-10-26(8-7-16(12)25-17)11-13-14(19(21,22)23)5-4-6-15(13)20/h4-6,9H,7-8,10-11H2,1-3H3. The number of halogens is 4. The molecule has 0 aliphatic carbocycles. The summed E-state index contributed by atoms with van der Waals surface area (Å²) in [5.41, 5.74) is 0.416. The lowest BCUT2D eigenvalue weighted by molar-refractivity contribution is -0.138.